The molecule has 0 saturated carbocycles. The maximum absolute atomic E-state index is 12.6. The molecule has 0 unspecified atom stereocenters. The first-order valence-electron chi connectivity index (χ1n) is 5.40. The Morgan fingerprint density at radius 2 is 2.05 bits per heavy atom. The Morgan fingerprint density at radius 3 is 2.50 bits per heavy atom. The summed E-state index contributed by atoms with van der Waals surface area (Å²) in [5, 5.41) is 9.18. The molecule has 1 aromatic heterocycles. The molecule has 9 heteroatoms. The average molecular weight is 299 g/mol. The van der Waals surface area contributed by atoms with Gasteiger partial charge in [-0.3, -0.25) is 4.79 Å². The molecule has 0 atom stereocenters. The molecule has 0 saturated heterocycles. The predicted octanol–water partition coefficient (Wildman–Crippen LogP) is 2.85. The first-order valence-corrected chi connectivity index (χ1v) is 5.40. The van der Waals surface area contributed by atoms with E-state index in [1.54, 1.807) is 0 Å². The van der Waals surface area contributed by atoms with Gasteiger partial charge in [0.05, 0.1) is 18.7 Å². The Labute approximate surface area is 110 Å². The van der Waals surface area contributed by atoms with E-state index in [4.69, 9.17) is 0 Å². The van der Waals surface area contributed by atoms with Crippen molar-refractivity contribution in [3.05, 3.63) is 23.0 Å². The minimum Gasteiger partial charge on any atom is -0.505 e. The zero-order chi connectivity index (χ0) is 15.5. The van der Waals surface area contributed by atoms with Crippen molar-refractivity contribution < 1.29 is 36.6 Å². The molecule has 0 aliphatic rings. The first kappa shape index (κ1) is 16.1. The summed E-state index contributed by atoms with van der Waals surface area (Å²) in [6, 6.07) is 0.345. The van der Waals surface area contributed by atoms with Gasteiger partial charge in [0, 0.05) is 0 Å². The third-order valence-electron chi connectivity index (χ3n) is 2.22. The van der Waals surface area contributed by atoms with Gasteiger partial charge in [-0.05, 0) is 13.0 Å². The Balaban J connectivity index is 3.26. The van der Waals surface area contributed by atoms with Crippen LogP contribution in [0.1, 0.15) is 30.3 Å². The van der Waals surface area contributed by atoms with Crippen LogP contribution in [-0.2, 0) is 22.1 Å². The molecule has 4 nitrogen and oxygen atoms in total. The van der Waals surface area contributed by atoms with Crippen LogP contribution in [0, 0.1) is 0 Å². The second-order valence-corrected chi connectivity index (χ2v) is 3.68. The zero-order valence-electron chi connectivity index (χ0n) is 10.2. The van der Waals surface area contributed by atoms with Crippen molar-refractivity contribution >= 4 is 5.97 Å². The highest BCUT2D eigenvalue weighted by Gasteiger charge is 2.37. The minimum absolute atomic E-state index is 0.00918. The van der Waals surface area contributed by atoms with Gasteiger partial charge in [-0.15, -0.1) is 0 Å². The maximum atomic E-state index is 12.6. The van der Waals surface area contributed by atoms with E-state index in [0.29, 0.717) is 6.07 Å². The molecule has 0 spiro atoms. The number of ether oxygens (including phenoxy) is 1. The van der Waals surface area contributed by atoms with E-state index in [1.807, 2.05) is 0 Å². The van der Waals surface area contributed by atoms with E-state index in [1.165, 1.54) is 6.92 Å². The Hall–Kier alpha value is -1.93. The van der Waals surface area contributed by atoms with Crippen LogP contribution in [0.3, 0.4) is 0 Å². The molecule has 0 bridgehead atoms. The predicted molar refractivity (Wildman–Crippen MR) is 56.2 cm³/mol. The SMILES string of the molecule is CCOC(=O)Cc1cc(C(F)(F)F)c(O)c(C(F)F)n1. The number of carbonyl (C=O) groups is 1. The van der Waals surface area contributed by atoms with Gasteiger partial charge < -0.3 is 9.84 Å². The van der Waals surface area contributed by atoms with Crippen LogP contribution in [0.4, 0.5) is 22.0 Å². The van der Waals surface area contributed by atoms with Gasteiger partial charge in [-0.2, -0.15) is 13.2 Å². The van der Waals surface area contributed by atoms with Crippen molar-refractivity contribution in [3.8, 4) is 5.75 Å². The molecule has 1 heterocycles. The van der Waals surface area contributed by atoms with Crippen LogP contribution in [0.5, 0.6) is 5.75 Å². The number of carbonyl (C=O) groups excluding carboxylic acids is 1. The summed E-state index contributed by atoms with van der Waals surface area (Å²) in [4.78, 5) is 14.3. The molecule has 0 amide bonds. The fourth-order valence-electron chi connectivity index (χ4n) is 1.43. The second-order valence-electron chi connectivity index (χ2n) is 3.68. The van der Waals surface area contributed by atoms with Crippen molar-refractivity contribution in [2.75, 3.05) is 6.61 Å². The summed E-state index contributed by atoms with van der Waals surface area (Å²) in [7, 11) is 0. The smallest absolute Gasteiger partial charge is 0.420 e. The lowest BCUT2D eigenvalue weighted by molar-refractivity contribution is -0.143. The fraction of sp³-hybridized carbons (Fsp3) is 0.455. The van der Waals surface area contributed by atoms with Crippen LogP contribution < -0.4 is 0 Å². The standard InChI is InChI=1S/C11H10F5NO3/c1-2-20-7(18)4-5-3-6(11(14,15)16)9(19)8(17-5)10(12)13/h3,10,19H,2,4H2,1H3. The van der Waals surface area contributed by atoms with Gasteiger partial charge in [-0.1, -0.05) is 0 Å². The van der Waals surface area contributed by atoms with Crippen molar-refractivity contribution in [3.63, 3.8) is 0 Å². The number of halogens is 5. The number of aromatic nitrogens is 1. The van der Waals surface area contributed by atoms with Gasteiger partial charge in [0.15, 0.2) is 5.75 Å². The van der Waals surface area contributed by atoms with E-state index >= 15 is 0 Å². The summed E-state index contributed by atoms with van der Waals surface area (Å²) in [6.07, 6.45) is -9.14. The number of alkyl halides is 5. The topological polar surface area (TPSA) is 59.4 Å². The minimum atomic E-state index is -5.04. The first-order chi connectivity index (χ1) is 9.16. The number of aromatic hydroxyl groups is 1. The molecule has 1 rings (SSSR count). The van der Waals surface area contributed by atoms with Crippen molar-refractivity contribution in [2.45, 2.75) is 25.9 Å². The Kier molecular flexibility index (Phi) is 4.85. The molecule has 0 fully saturated rings. The van der Waals surface area contributed by atoms with Gasteiger partial charge in [0.2, 0.25) is 0 Å². The van der Waals surface area contributed by atoms with Crippen LogP contribution >= 0.6 is 0 Å². The molecule has 20 heavy (non-hydrogen) atoms. The summed E-state index contributed by atoms with van der Waals surface area (Å²) in [5.41, 5.74) is -3.63. The number of rotatable bonds is 4. The number of hydrogen-bond acceptors (Lipinski definition) is 4. The second kappa shape index (κ2) is 6.02. The number of nitrogens with zero attached hydrogens (tertiary/aromatic N) is 1. The van der Waals surface area contributed by atoms with E-state index in [2.05, 4.69) is 9.72 Å². The third-order valence-corrected chi connectivity index (χ3v) is 2.22. The molecule has 1 aromatic rings. The lowest BCUT2D eigenvalue weighted by Crippen LogP contribution is -2.13. The number of esters is 1. The van der Waals surface area contributed by atoms with Gasteiger partial charge in [0.1, 0.15) is 11.3 Å². The van der Waals surface area contributed by atoms with Crippen LogP contribution in [0.25, 0.3) is 0 Å². The number of pyridine rings is 1. The van der Waals surface area contributed by atoms with Gasteiger partial charge in [0.25, 0.3) is 6.43 Å². The molecule has 0 aromatic carbocycles. The molecule has 112 valence electrons. The summed E-state index contributed by atoms with van der Waals surface area (Å²) >= 11 is 0. The summed E-state index contributed by atoms with van der Waals surface area (Å²) < 4.78 is 67.4. The van der Waals surface area contributed by atoms with Crippen molar-refractivity contribution in [1.82, 2.24) is 4.98 Å². The summed E-state index contributed by atoms with van der Waals surface area (Å²) in [5.74, 6) is -2.54. The Bertz CT molecular complexity index is 502. The van der Waals surface area contributed by atoms with Crippen LogP contribution in [-0.4, -0.2) is 22.7 Å². The average Bonchev–Trinajstić information content (AvgIpc) is 2.29. The number of hydrogen-bond donors (Lipinski definition) is 1. The highest BCUT2D eigenvalue weighted by atomic mass is 19.4. The van der Waals surface area contributed by atoms with E-state index < -0.39 is 47.7 Å². The van der Waals surface area contributed by atoms with E-state index in [0.717, 1.165) is 0 Å². The molecule has 0 aliphatic heterocycles. The lowest BCUT2D eigenvalue weighted by Gasteiger charge is -2.13. The van der Waals surface area contributed by atoms with Gasteiger partial charge >= 0.3 is 12.1 Å². The van der Waals surface area contributed by atoms with E-state index in [-0.39, 0.29) is 6.61 Å². The largest absolute Gasteiger partial charge is 0.505 e. The van der Waals surface area contributed by atoms with Crippen molar-refractivity contribution in [1.29, 1.82) is 0 Å². The zero-order valence-corrected chi connectivity index (χ0v) is 10.2. The third kappa shape index (κ3) is 3.78. The summed E-state index contributed by atoms with van der Waals surface area (Å²) in [6.45, 7) is 1.47. The monoisotopic (exact) mass is 299 g/mol. The molecule has 1 N–H and O–H groups in total. The van der Waals surface area contributed by atoms with Crippen LogP contribution in [0.2, 0.25) is 0 Å². The molecular formula is C11H10F5NO3. The highest BCUT2D eigenvalue weighted by Crippen LogP contribution is 2.40. The highest BCUT2D eigenvalue weighted by molar-refractivity contribution is 5.72. The van der Waals surface area contributed by atoms with Gasteiger partial charge in [-0.25, -0.2) is 13.8 Å². The fourth-order valence-corrected chi connectivity index (χ4v) is 1.43. The Morgan fingerprint density at radius 1 is 1.45 bits per heavy atom. The molecular weight excluding hydrogens is 289 g/mol. The van der Waals surface area contributed by atoms with Crippen molar-refractivity contribution in [2.24, 2.45) is 0 Å². The lowest BCUT2D eigenvalue weighted by atomic mass is 10.1. The molecule has 0 aliphatic carbocycles. The quantitative estimate of drug-likeness (QED) is 0.686. The van der Waals surface area contributed by atoms with Crippen LogP contribution in [0.15, 0.2) is 6.07 Å². The normalized spacial score (nSPS) is 11.8. The molecule has 0 radical (unpaired) electrons. The van der Waals surface area contributed by atoms with E-state index in [9.17, 15) is 31.9 Å². The maximum Gasteiger partial charge on any atom is 0.420 e.